The summed E-state index contributed by atoms with van der Waals surface area (Å²) in [7, 11) is 0. The van der Waals surface area contributed by atoms with Gasteiger partial charge in [-0.05, 0) is 17.0 Å². The van der Waals surface area contributed by atoms with Gasteiger partial charge in [-0.1, -0.05) is 73.7 Å². The third kappa shape index (κ3) is 3.69. The minimum atomic E-state index is -0.427. The molecule has 1 atom stereocenters. The van der Waals surface area contributed by atoms with Crippen LogP contribution in [0.15, 0.2) is 72.8 Å². The Labute approximate surface area is 135 Å². The van der Waals surface area contributed by atoms with Crippen LogP contribution in [0, 0.1) is 0 Å². The lowest BCUT2D eigenvalue weighted by atomic mass is 10.0. The highest BCUT2D eigenvalue weighted by molar-refractivity contribution is 6.00. The van der Waals surface area contributed by atoms with Gasteiger partial charge in [0.05, 0.1) is 12.3 Å². The van der Waals surface area contributed by atoms with Crippen LogP contribution in [0.4, 0.5) is 10.5 Å². The maximum absolute atomic E-state index is 12.1. The van der Waals surface area contributed by atoms with E-state index in [4.69, 9.17) is 4.74 Å². The molecule has 0 radical (unpaired) electrons. The number of carbonyl (C=O) groups excluding carboxylic acids is 1. The van der Waals surface area contributed by atoms with E-state index in [1.54, 1.807) is 0 Å². The van der Waals surface area contributed by atoms with Crippen molar-refractivity contribution in [1.29, 1.82) is 0 Å². The van der Waals surface area contributed by atoms with E-state index in [0.29, 0.717) is 6.61 Å². The zero-order valence-corrected chi connectivity index (χ0v) is 13.0. The summed E-state index contributed by atoms with van der Waals surface area (Å²) in [5, 5.41) is 4.92. The molecule has 3 aromatic carbocycles. The Morgan fingerprint density at radius 2 is 1.65 bits per heavy atom. The number of anilines is 1. The Balaban J connectivity index is 1.63. The molecule has 3 aromatic rings. The van der Waals surface area contributed by atoms with Gasteiger partial charge in [-0.25, -0.2) is 4.79 Å². The van der Waals surface area contributed by atoms with Crippen LogP contribution >= 0.6 is 0 Å². The molecule has 0 aliphatic carbocycles. The molecule has 0 aliphatic heterocycles. The first-order valence-electron chi connectivity index (χ1n) is 7.70. The summed E-state index contributed by atoms with van der Waals surface area (Å²) in [6.45, 7) is 2.39. The number of nitrogens with one attached hydrogen (secondary N) is 1. The number of hydrogen-bond acceptors (Lipinski definition) is 2. The predicted octanol–water partition coefficient (Wildman–Crippen LogP) is 5.19. The SMILES string of the molecule is C[C@@H](COC(=O)Nc1cccc2ccccc12)c1ccccc1. The van der Waals surface area contributed by atoms with E-state index in [1.807, 2.05) is 79.7 Å². The summed E-state index contributed by atoms with van der Waals surface area (Å²) in [4.78, 5) is 12.1. The quantitative estimate of drug-likeness (QED) is 0.720. The molecule has 0 heterocycles. The molecule has 0 bridgehead atoms. The van der Waals surface area contributed by atoms with Gasteiger partial charge < -0.3 is 4.74 Å². The normalized spacial score (nSPS) is 11.9. The van der Waals surface area contributed by atoms with Crippen LogP contribution in [0.2, 0.25) is 0 Å². The Kier molecular flexibility index (Phi) is 4.57. The van der Waals surface area contributed by atoms with Crippen LogP contribution in [0.25, 0.3) is 10.8 Å². The van der Waals surface area contributed by atoms with Crippen molar-refractivity contribution in [2.75, 3.05) is 11.9 Å². The second-order valence-electron chi connectivity index (χ2n) is 5.56. The topological polar surface area (TPSA) is 38.3 Å². The standard InChI is InChI=1S/C20H19NO2/c1-15(16-8-3-2-4-9-16)14-23-20(22)21-19-13-7-11-17-10-5-6-12-18(17)19/h2-13,15H,14H2,1H3,(H,21,22)/t15-/m0/s1. The van der Waals surface area contributed by atoms with E-state index in [9.17, 15) is 4.79 Å². The number of benzene rings is 3. The van der Waals surface area contributed by atoms with Crippen molar-refractivity contribution in [3.63, 3.8) is 0 Å². The fraction of sp³-hybridized carbons (Fsp3) is 0.150. The molecule has 0 saturated heterocycles. The third-order valence-electron chi connectivity index (χ3n) is 3.86. The summed E-state index contributed by atoms with van der Waals surface area (Å²) in [5.41, 5.74) is 1.92. The Morgan fingerprint density at radius 3 is 2.48 bits per heavy atom. The number of carbonyl (C=O) groups is 1. The van der Waals surface area contributed by atoms with Gasteiger partial charge in [0.15, 0.2) is 0 Å². The fourth-order valence-electron chi connectivity index (χ4n) is 2.56. The minimum Gasteiger partial charge on any atom is -0.449 e. The van der Waals surface area contributed by atoms with Crippen molar-refractivity contribution in [3.05, 3.63) is 78.4 Å². The Hall–Kier alpha value is -2.81. The summed E-state index contributed by atoms with van der Waals surface area (Å²) < 4.78 is 5.36. The van der Waals surface area contributed by atoms with Gasteiger partial charge in [0.25, 0.3) is 0 Å². The molecule has 3 nitrogen and oxygen atoms in total. The van der Waals surface area contributed by atoms with Gasteiger partial charge in [0.1, 0.15) is 0 Å². The maximum Gasteiger partial charge on any atom is 0.411 e. The van der Waals surface area contributed by atoms with Crippen molar-refractivity contribution >= 4 is 22.6 Å². The third-order valence-corrected chi connectivity index (χ3v) is 3.86. The molecule has 116 valence electrons. The molecule has 3 heteroatoms. The second kappa shape index (κ2) is 6.97. The number of ether oxygens (including phenoxy) is 1. The first kappa shape index (κ1) is 15.1. The molecule has 0 aliphatic rings. The van der Waals surface area contributed by atoms with E-state index in [0.717, 1.165) is 22.0 Å². The molecular formula is C20H19NO2. The molecule has 0 saturated carbocycles. The molecule has 0 unspecified atom stereocenters. The molecule has 1 amide bonds. The van der Waals surface area contributed by atoms with E-state index in [-0.39, 0.29) is 5.92 Å². The van der Waals surface area contributed by atoms with Gasteiger partial charge in [0.2, 0.25) is 0 Å². The van der Waals surface area contributed by atoms with Crippen LogP contribution in [-0.2, 0) is 4.74 Å². The van der Waals surface area contributed by atoms with E-state index in [1.165, 1.54) is 0 Å². The first-order chi connectivity index (χ1) is 11.2. The van der Waals surface area contributed by atoms with Gasteiger partial charge in [-0.2, -0.15) is 0 Å². The number of amides is 1. The number of rotatable bonds is 4. The highest BCUT2D eigenvalue weighted by Crippen LogP contribution is 2.23. The van der Waals surface area contributed by atoms with Crippen LogP contribution in [0.1, 0.15) is 18.4 Å². The smallest absolute Gasteiger partial charge is 0.411 e. The van der Waals surface area contributed by atoms with Crippen molar-refractivity contribution in [1.82, 2.24) is 0 Å². The van der Waals surface area contributed by atoms with E-state index < -0.39 is 6.09 Å². The van der Waals surface area contributed by atoms with Crippen LogP contribution in [0.5, 0.6) is 0 Å². The van der Waals surface area contributed by atoms with Gasteiger partial charge in [-0.3, -0.25) is 5.32 Å². The van der Waals surface area contributed by atoms with Crippen LogP contribution in [-0.4, -0.2) is 12.7 Å². The summed E-state index contributed by atoms with van der Waals surface area (Å²) in [6, 6.07) is 23.8. The average molecular weight is 305 g/mol. The minimum absolute atomic E-state index is 0.162. The fourth-order valence-corrected chi connectivity index (χ4v) is 2.56. The van der Waals surface area contributed by atoms with E-state index in [2.05, 4.69) is 5.32 Å². The lowest BCUT2D eigenvalue weighted by molar-refractivity contribution is 0.155. The second-order valence-corrected chi connectivity index (χ2v) is 5.56. The summed E-state index contributed by atoms with van der Waals surface area (Å²) in [5.74, 6) is 0.162. The lowest BCUT2D eigenvalue weighted by Crippen LogP contribution is -2.17. The van der Waals surface area contributed by atoms with Crippen LogP contribution < -0.4 is 5.32 Å². The number of fused-ring (bicyclic) bond motifs is 1. The molecule has 0 aromatic heterocycles. The van der Waals surface area contributed by atoms with Crippen molar-refractivity contribution in [2.24, 2.45) is 0 Å². The predicted molar refractivity (Wildman–Crippen MR) is 93.8 cm³/mol. The van der Waals surface area contributed by atoms with Crippen molar-refractivity contribution in [2.45, 2.75) is 12.8 Å². The molecule has 3 rings (SSSR count). The largest absolute Gasteiger partial charge is 0.449 e. The monoisotopic (exact) mass is 305 g/mol. The Bertz CT molecular complexity index is 794. The highest BCUT2D eigenvalue weighted by atomic mass is 16.5. The Morgan fingerprint density at radius 1 is 0.957 bits per heavy atom. The van der Waals surface area contributed by atoms with Gasteiger partial charge in [0, 0.05) is 11.3 Å². The molecule has 23 heavy (non-hydrogen) atoms. The maximum atomic E-state index is 12.1. The molecule has 0 spiro atoms. The van der Waals surface area contributed by atoms with Gasteiger partial charge in [-0.15, -0.1) is 0 Å². The van der Waals surface area contributed by atoms with Crippen molar-refractivity contribution in [3.8, 4) is 0 Å². The van der Waals surface area contributed by atoms with E-state index >= 15 is 0 Å². The molecule has 1 N–H and O–H groups in total. The molecule has 0 fully saturated rings. The highest BCUT2D eigenvalue weighted by Gasteiger charge is 2.10. The summed E-state index contributed by atoms with van der Waals surface area (Å²) >= 11 is 0. The van der Waals surface area contributed by atoms with Gasteiger partial charge >= 0.3 is 6.09 Å². The lowest BCUT2D eigenvalue weighted by Gasteiger charge is -2.13. The zero-order chi connectivity index (χ0) is 16.1. The average Bonchev–Trinajstić information content (AvgIpc) is 2.61. The first-order valence-corrected chi connectivity index (χ1v) is 7.70. The molecular weight excluding hydrogens is 286 g/mol. The van der Waals surface area contributed by atoms with Crippen LogP contribution in [0.3, 0.4) is 0 Å². The number of hydrogen-bond donors (Lipinski definition) is 1. The summed E-state index contributed by atoms with van der Waals surface area (Å²) in [6.07, 6.45) is -0.427. The van der Waals surface area contributed by atoms with Crippen molar-refractivity contribution < 1.29 is 9.53 Å². The zero-order valence-electron chi connectivity index (χ0n) is 13.0.